The average Bonchev–Trinajstić information content (AvgIpc) is 2.88. The molecule has 1 aromatic heterocycles. The Labute approximate surface area is 120 Å². The van der Waals surface area contributed by atoms with E-state index >= 15 is 0 Å². The molecule has 2 rings (SSSR count). The maximum atomic E-state index is 5.40. The van der Waals surface area contributed by atoms with Crippen molar-refractivity contribution in [2.45, 2.75) is 25.4 Å². The summed E-state index contributed by atoms with van der Waals surface area (Å²) in [6, 6.07) is 10.5. The van der Waals surface area contributed by atoms with Crippen LogP contribution in [-0.4, -0.2) is 36.2 Å². The second kappa shape index (κ2) is 6.63. The Hall–Kier alpha value is -1.72. The van der Waals surface area contributed by atoms with Crippen molar-refractivity contribution in [3.8, 4) is 0 Å². The van der Waals surface area contributed by atoms with E-state index in [2.05, 4.69) is 34.5 Å². The summed E-state index contributed by atoms with van der Waals surface area (Å²) in [5.74, 6) is 1.51. The number of likely N-dealkylation sites (N-methyl/N-ethyl adjacent to an activating group) is 1. The van der Waals surface area contributed by atoms with E-state index in [9.17, 15) is 0 Å². The van der Waals surface area contributed by atoms with E-state index in [1.165, 1.54) is 5.56 Å². The Balaban J connectivity index is 2.16. The molecule has 0 fully saturated rings. The lowest BCUT2D eigenvalue weighted by Crippen LogP contribution is -2.22. The van der Waals surface area contributed by atoms with Crippen molar-refractivity contribution in [3.63, 3.8) is 0 Å². The Bertz CT molecular complexity index is 524. The zero-order valence-corrected chi connectivity index (χ0v) is 12.5. The highest BCUT2D eigenvalue weighted by atomic mass is 16.5. The van der Waals surface area contributed by atoms with Gasteiger partial charge in [-0.25, -0.2) is 0 Å². The molecule has 0 radical (unpaired) electrons. The molecule has 5 heteroatoms. The molecule has 0 spiro atoms. The molecule has 2 unspecified atom stereocenters. The highest BCUT2D eigenvalue weighted by Gasteiger charge is 2.24. The zero-order valence-electron chi connectivity index (χ0n) is 12.5. The van der Waals surface area contributed by atoms with E-state index in [0.29, 0.717) is 12.4 Å². The summed E-state index contributed by atoms with van der Waals surface area (Å²) < 4.78 is 5.40. The number of benzene rings is 1. The zero-order chi connectivity index (χ0) is 14.5. The predicted octanol–water partition coefficient (Wildman–Crippen LogP) is 2.20. The van der Waals surface area contributed by atoms with Crippen LogP contribution in [0.4, 0.5) is 0 Å². The Morgan fingerprint density at radius 2 is 1.95 bits per heavy atom. The fraction of sp³-hybridized carbons (Fsp3) is 0.467. The van der Waals surface area contributed by atoms with E-state index in [0.717, 1.165) is 5.82 Å². The average molecular weight is 274 g/mol. The quantitative estimate of drug-likeness (QED) is 0.875. The van der Waals surface area contributed by atoms with Crippen molar-refractivity contribution < 1.29 is 4.52 Å². The van der Waals surface area contributed by atoms with Gasteiger partial charge in [0.05, 0.1) is 12.5 Å². The van der Waals surface area contributed by atoms with Crippen LogP contribution < -0.4 is 5.32 Å². The Morgan fingerprint density at radius 1 is 1.25 bits per heavy atom. The van der Waals surface area contributed by atoms with Gasteiger partial charge in [0.1, 0.15) is 0 Å². The number of nitrogens with zero attached hydrogens (tertiary/aromatic N) is 3. The van der Waals surface area contributed by atoms with E-state index in [4.69, 9.17) is 4.52 Å². The van der Waals surface area contributed by atoms with Crippen molar-refractivity contribution >= 4 is 0 Å². The summed E-state index contributed by atoms with van der Waals surface area (Å²) in [7, 11) is 5.92. The first-order valence-electron chi connectivity index (χ1n) is 6.81. The lowest BCUT2D eigenvalue weighted by atomic mass is 9.94. The molecule has 0 saturated carbocycles. The number of aromatic nitrogens is 2. The lowest BCUT2D eigenvalue weighted by molar-refractivity contribution is 0.321. The largest absolute Gasteiger partial charge is 0.339 e. The minimum atomic E-state index is 0.116. The van der Waals surface area contributed by atoms with Crippen LogP contribution in [0.3, 0.4) is 0 Å². The Morgan fingerprint density at radius 3 is 2.55 bits per heavy atom. The van der Waals surface area contributed by atoms with Crippen molar-refractivity contribution in [2.24, 2.45) is 0 Å². The van der Waals surface area contributed by atoms with Gasteiger partial charge in [-0.3, -0.25) is 0 Å². The molecule has 5 nitrogen and oxygen atoms in total. The first kappa shape index (κ1) is 14.7. The smallest absolute Gasteiger partial charge is 0.231 e. The third-order valence-electron chi connectivity index (χ3n) is 3.30. The van der Waals surface area contributed by atoms with E-state index < -0.39 is 0 Å². The van der Waals surface area contributed by atoms with Crippen molar-refractivity contribution in [1.29, 1.82) is 0 Å². The molecule has 2 aromatic rings. The lowest BCUT2D eigenvalue weighted by Gasteiger charge is -2.21. The van der Waals surface area contributed by atoms with Crippen LogP contribution in [0.25, 0.3) is 0 Å². The molecule has 20 heavy (non-hydrogen) atoms. The van der Waals surface area contributed by atoms with E-state index in [1.807, 2.05) is 44.2 Å². The van der Waals surface area contributed by atoms with Crippen LogP contribution in [0.5, 0.6) is 0 Å². The van der Waals surface area contributed by atoms with Gasteiger partial charge < -0.3 is 14.7 Å². The fourth-order valence-corrected chi connectivity index (χ4v) is 2.31. The van der Waals surface area contributed by atoms with Gasteiger partial charge in [0, 0.05) is 6.04 Å². The van der Waals surface area contributed by atoms with Crippen LogP contribution in [0.15, 0.2) is 34.9 Å². The molecule has 0 aliphatic rings. The molecule has 108 valence electrons. The van der Waals surface area contributed by atoms with Crippen LogP contribution in [0, 0.1) is 0 Å². The molecular weight excluding hydrogens is 252 g/mol. The second-order valence-corrected chi connectivity index (χ2v) is 5.25. The summed E-state index contributed by atoms with van der Waals surface area (Å²) in [4.78, 5) is 6.51. The summed E-state index contributed by atoms with van der Waals surface area (Å²) in [5.41, 5.74) is 1.22. The normalized spacial score (nSPS) is 14.4. The maximum absolute atomic E-state index is 5.40. The number of rotatable bonds is 6. The standard InChI is InChI=1S/C15H22N4O/c1-11(14(16-2)12-8-6-5-7-9-12)15-17-13(18-20-15)10-19(3)4/h5-9,11,14,16H,10H2,1-4H3. The van der Waals surface area contributed by atoms with Gasteiger partial charge >= 0.3 is 0 Å². The topological polar surface area (TPSA) is 54.2 Å². The van der Waals surface area contributed by atoms with Crippen LogP contribution in [0.2, 0.25) is 0 Å². The minimum absolute atomic E-state index is 0.116. The molecule has 1 aromatic carbocycles. The van der Waals surface area contributed by atoms with Gasteiger partial charge in [-0.2, -0.15) is 4.98 Å². The molecule has 1 heterocycles. The van der Waals surface area contributed by atoms with Gasteiger partial charge in [-0.1, -0.05) is 42.4 Å². The number of hydrogen-bond donors (Lipinski definition) is 1. The molecule has 2 atom stereocenters. The molecular formula is C15H22N4O. The third-order valence-corrected chi connectivity index (χ3v) is 3.30. The van der Waals surface area contributed by atoms with E-state index in [-0.39, 0.29) is 12.0 Å². The first-order chi connectivity index (χ1) is 9.61. The fourth-order valence-electron chi connectivity index (χ4n) is 2.31. The highest BCUT2D eigenvalue weighted by molar-refractivity contribution is 5.21. The molecule has 0 saturated heterocycles. The number of hydrogen-bond acceptors (Lipinski definition) is 5. The van der Waals surface area contributed by atoms with Gasteiger partial charge in [0.15, 0.2) is 5.82 Å². The minimum Gasteiger partial charge on any atom is -0.339 e. The first-order valence-corrected chi connectivity index (χ1v) is 6.81. The Kier molecular flexibility index (Phi) is 4.87. The van der Waals surface area contributed by atoms with Gasteiger partial charge in [-0.05, 0) is 26.7 Å². The van der Waals surface area contributed by atoms with Crippen LogP contribution in [0.1, 0.15) is 36.2 Å². The monoisotopic (exact) mass is 274 g/mol. The van der Waals surface area contributed by atoms with Crippen LogP contribution in [-0.2, 0) is 6.54 Å². The van der Waals surface area contributed by atoms with Gasteiger partial charge in [-0.15, -0.1) is 0 Å². The van der Waals surface area contributed by atoms with Crippen molar-refractivity contribution in [2.75, 3.05) is 21.1 Å². The van der Waals surface area contributed by atoms with Crippen LogP contribution >= 0.6 is 0 Å². The summed E-state index contributed by atoms with van der Waals surface area (Å²) in [5, 5.41) is 7.36. The third kappa shape index (κ3) is 3.43. The maximum Gasteiger partial charge on any atom is 0.231 e. The van der Waals surface area contributed by atoms with E-state index in [1.54, 1.807) is 0 Å². The summed E-state index contributed by atoms with van der Waals surface area (Å²) >= 11 is 0. The highest BCUT2D eigenvalue weighted by Crippen LogP contribution is 2.29. The molecule has 0 aliphatic heterocycles. The molecule has 0 aliphatic carbocycles. The second-order valence-electron chi connectivity index (χ2n) is 5.25. The van der Waals surface area contributed by atoms with Crippen molar-refractivity contribution in [3.05, 3.63) is 47.6 Å². The molecule has 0 bridgehead atoms. The summed E-state index contributed by atoms with van der Waals surface area (Å²) in [6.07, 6.45) is 0. The van der Waals surface area contributed by atoms with Gasteiger partial charge in [0.25, 0.3) is 0 Å². The predicted molar refractivity (Wildman–Crippen MR) is 78.3 cm³/mol. The van der Waals surface area contributed by atoms with Crippen molar-refractivity contribution in [1.82, 2.24) is 20.4 Å². The summed E-state index contributed by atoms with van der Waals surface area (Å²) in [6.45, 7) is 2.78. The number of nitrogens with one attached hydrogen (secondary N) is 1. The SMILES string of the molecule is CNC(c1ccccc1)C(C)c1nc(CN(C)C)no1. The van der Waals surface area contributed by atoms with Gasteiger partial charge in [0.2, 0.25) is 5.89 Å². The molecule has 1 N–H and O–H groups in total. The molecule has 0 amide bonds.